The molecule has 1 saturated carbocycles. The van der Waals surface area contributed by atoms with E-state index in [1.165, 1.54) is 58.2 Å². The lowest BCUT2D eigenvalue weighted by molar-refractivity contribution is 0.0121. The van der Waals surface area contributed by atoms with Gasteiger partial charge < -0.3 is 5.32 Å². The van der Waals surface area contributed by atoms with Gasteiger partial charge in [0.2, 0.25) is 0 Å². The van der Waals surface area contributed by atoms with Crippen LogP contribution in [0.25, 0.3) is 0 Å². The second-order valence-electron chi connectivity index (χ2n) is 6.12. The van der Waals surface area contributed by atoms with Crippen molar-refractivity contribution < 1.29 is 0 Å². The molecule has 0 radical (unpaired) electrons. The Morgan fingerprint density at radius 2 is 1.88 bits per heavy atom. The van der Waals surface area contributed by atoms with E-state index in [1.54, 1.807) is 0 Å². The Morgan fingerprint density at radius 3 is 2.44 bits per heavy atom. The van der Waals surface area contributed by atoms with E-state index in [-0.39, 0.29) is 0 Å². The highest BCUT2D eigenvalue weighted by molar-refractivity contribution is 5.05. The molecule has 16 heavy (non-hydrogen) atoms. The highest BCUT2D eigenvalue weighted by Gasteiger charge is 2.45. The average molecular weight is 224 g/mol. The van der Waals surface area contributed by atoms with Crippen LogP contribution in [-0.2, 0) is 0 Å². The number of nitrogens with one attached hydrogen (secondary N) is 1. The molecular formula is C14H28N2. The van der Waals surface area contributed by atoms with Crippen LogP contribution in [0, 0.1) is 0 Å². The molecule has 1 atom stereocenters. The first-order valence-corrected chi connectivity index (χ1v) is 7.14. The maximum absolute atomic E-state index is 3.82. The predicted octanol–water partition coefficient (Wildman–Crippen LogP) is 2.78. The predicted molar refractivity (Wildman–Crippen MR) is 69.8 cm³/mol. The molecule has 1 aliphatic carbocycles. The van der Waals surface area contributed by atoms with Gasteiger partial charge in [-0.25, -0.2) is 0 Å². The Morgan fingerprint density at radius 1 is 1.19 bits per heavy atom. The normalized spacial score (nSPS) is 34.7. The first-order chi connectivity index (χ1) is 7.64. The molecule has 1 aliphatic heterocycles. The SMILES string of the molecule is CCCN1CC(C)(CC)NCC12CCCC2. The maximum atomic E-state index is 3.82. The maximum Gasteiger partial charge on any atom is 0.0334 e. The summed E-state index contributed by atoms with van der Waals surface area (Å²) in [5.74, 6) is 0. The molecule has 1 N–H and O–H groups in total. The van der Waals surface area contributed by atoms with Crippen molar-refractivity contribution >= 4 is 0 Å². The Bertz CT molecular complexity index is 233. The number of nitrogens with zero attached hydrogens (tertiary/aromatic N) is 1. The lowest BCUT2D eigenvalue weighted by Crippen LogP contribution is -2.68. The van der Waals surface area contributed by atoms with Crippen LogP contribution in [0.5, 0.6) is 0 Å². The Kier molecular flexibility index (Phi) is 3.60. The minimum absolute atomic E-state index is 0.350. The second kappa shape index (κ2) is 4.66. The number of piperazine rings is 1. The molecule has 1 spiro atoms. The van der Waals surface area contributed by atoms with Crippen LogP contribution >= 0.6 is 0 Å². The van der Waals surface area contributed by atoms with Crippen molar-refractivity contribution in [2.75, 3.05) is 19.6 Å². The molecule has 2 rings (SSSR count). The summed E-state index contributed by atoms with van der Waals surface area (Å²) in [4.78, 5) is 2.81. The highest BCUT2D eigenvalue weighted by Crippen LogP contribution is 2.38. The molecule has 0 bridgehead atoms. The van der Waals surface area contributed by atoms with Gasteiger partial charge in [-0.2, -0.15) is 0 Å². The van der Waals surface area contributed by atoms with E-state index in [9.17, 15) is 0 Å². The lowest BCUT2D eigenvalue weighted by atomic mass is 9.85. The molecule has 0 aromatic heterocycles. The molecule has 2 nitrogen and oxygen atoms in total. The molecule has 0 amide bonds. The van der Waals surface area contributed by atoms with E-state index in [0.29, 0.717) is 11.1 Å². The number of hydrogen-bond acceptors (Lipinski definition) is 2. The minimum atomic E-state index is 0.350. The first-order valence-electron chi connectivity index (χ1n) is 7.14. The van der Waals surface area contributed by atoms with Gasteiger partial charge >= 0.3 is 0 Å². The van der Waals surface area contributed by atoms with E-state index in [1.807, 2.05) is 0 Å². The van der Waals surface area contributed by atoms with E-state index < -0.39 is 0 Å². The summed E-state index contributed by atoms with van der Waals surface area (Å²) in [5.41, 5.74) is 0.869. The van der Waals surface area contributed by atoms with Gasteiger partial charge in [0.15, 0.2) is 0 Å². The summed E-state index contributed by atoms with van der Waals surface area (Å²) in [6, 6.07) is 0. The van der Waals surface area contributed by atoms with Crippen molar-refractivity contribution in [1.29, 1.82) is 0 Å². The van der Waals surface area contributed by atoms with Crippen LogP contribution in [0.2, 0.25) is 0 Å². The van der Waals surface area contributed by atoms with Crippen LogP contribution < -0.4 is 5.32 Å². The monoisotopic (exact) mass is 224 g/mol. The van der Waals surface area contributed by atoms with Crippen molar-refractivity contribution in [3.63, 3.8) is 0 Å². The van der Waals surface area contributed by atoms with Crippen molar-refractivity contribution in [2.45, 2.75) is 70.4 Å². The lowest BCUT2D eigenvalue weighted by Gasteiger charge is -2.52. The summed E-state index contributed by atoms with van der Waals surface area (Å²) in [6.45, 7) is 10.8. The summed E-state index contributed by atoms with van der Waals surface area (Å²) in [6.07, 6.45) is 8.24. The van der Waals surface area contributed by atoms with Gasteiger partial charge in [0.05, 0.1) is 0 Å². The van der Waals surface area contributed by atoms with E-state index in [2.05, 4.69) is 31.0 Å². The van der Waals surface area contributed by atoms with Crippen molar-refractivity contribution in [1.82, 2.24) is 10.2 Å². The van der Waals surface area contributed by atoms with Gasteiger partial charge in [0, 0.05) is 24.2 Å². The van der Waals surface area contributed by atoms with Crippen molar-refractivity contribution in [3.8, 4) is 0 Å². The fourth-order valence-electron chi connectivity index (χ4n) is 3.48. The van der Waals surface area contributed by atoms with Gasteiger partial charge in [-0.1, -0.05) is 26.7 Å². The largest absolute Gasteiger partial charge is 0.308 e. The first kappa shape index (κ1) is 12.4. The molecule has 0 aromatic carbocycles. The smallest absolute Gasteiger partial charge is 0.0334 e. The Labute approximate surface area is 101 Å². The zero-order chi connectivity index (χ0) is 11.6. The molecule has 1 heterocycles. The van der Waals surface area contributed by atoms with E-state index in [0.717, 1.165) is 0 Å². The molecular weight excluding hydrogens is 196 g/mol. The number of rotatable bonds is 3. The third kappa shape index (κ3) is 2.14. The Balaban J connectivity index is 2.10. The van der Waals surface area contributed by atoms with Crippen LogP contribution in [0.1, 0.15) is 59.3 Å². The zero-order valence-corrected chi connectivity index (χ0v) is 11.3. The molecule has 2 heteroatoms. The Hall–Kier alpha value is -0.0800. The van der Waals surface area contributed by atoms with Gasteiger partial charge in [0.25, 0.3) is 0 Å². The van der Waals surface area contributed by atoms with Crippen molar-refractivity contribution in [2.24, 2.45) is 0 Å². The molecule has 0 aromatic rings. The molecule has 1 unspecified atom stereocenters. The van der Waals surface area contributed by atoms with Crippen LogP contribution in [0.3, 0.4) is 0 Å². The summed E-state index contributed by atoms with van der Waals surface area (Å²) in [5, 5.41) is 3.82. The van der Waals surface area contributed by atoms with Gasteiger partial charge in [-0.05, 0) is 39.2 Å². The zero-order valence-electron chi connectivity index (χ0n) is 11.3. The minimum Gasteiger partial charge on any atom is -0.308 e. The molecule has 2 aliphatic rings. The third-order valence-electron chi connectivity index (χ3n) is 4.86. The van der Waals surface area contributed by atoms with Crippen LogP contribution in [-0.4, -0.2) is 35.6 Å². The van der Waals surface area contributed by atoms with Crippen molar-refractivity contribution in [3.05, 3.63) is 0 Å². The van der Waals surface area contributed by atoms with Gasteiger partial charge in [-0.3, -0.25) is 4.90 Å². The standard InChI is InChI=1S/C14H28N2/c1-4-10-16-12-13(3,5-2)15-11-14(16)8-6-7-9-14/h15H,4-12H2,1-3H3. The quantitative estimate of drug-likeness (QED) is 0.793. The van der Waals surface area contributed by atoms with E-state index >= 15 is 0 Å². The number of hydrogen-bond donors (Lipinski definition) is 1. The van der Waals surface area contributed by atoms with Gasteiger partial charge in [0.1, 0.15) is 0 Å². The fraction of sp³-hybridized carbons (Fsp3) is 1.00. The second-order valence-corrected chi connectivity index (χ2v) is 6.12. The summed E-state index contributed by atoms with van der Waals surface area (Å²) < 4.78 is 0. The third-order valence-corrected chi connectivity index (χ3v) is 4.86. The van der Waals surface area contributed by atoms with Crippen LogP contribution in [0.4, 0.5) is 0 Å². The van der Waals surface area contributed by atoms with Gasteiger partial charge in [-0.15, -0.1) is 0 Å². The topological polar surface area (TPSA) is 15.3 Å². The molecule has 2 fully saturated rings. The average Bonchev–Trinajstić information content (AvgIpc) is 2.75. The van der Waals surface area contributed by atoms with E-state index in [4.69, 9.17) is 0 Å². The summed E-state index contributed by atoms with van der Waals surface area (Å²) in [7, 11) is 0. The highest BCUT2D eigenvalue weighted by atomic mass is 15.3. The van der Waals surface area contributed by atoms with Crippen LogP contribution in [0.15, 0.2) is 0 Å². The fourth-order valence-corrected chi connectivity index (χ4v) is 3.48. The molecule has 1 saturated heterocycles. The summed E-state index contributed by atoms with van der Waals surface area (Å²) >= 11 is 0. The molecule has 94 valence electrons.